The molecular formula is C11H18N2O4S. The number of ether oxygens (including phenoxy) is 1. The van der Waals surface area contributed by atoms with Crippen LogP contribution in [0.1, 0.15) is 12.8 Å². The van der Waals surface area contributed by atoms with Gasteiger partial charge in [-0.15, -0.1) is 11.8 Å². The van der Waals surface area contributed by atoms with Gasteiger partial charge in [0.25, 0.3) is 0 Å². The molecule has 0 aliphatic carbocycles. The van der Waals surface area contributed by atoms with Crippen LogP contribution in [0, 0.1) is 5.41 Å². The number of rotatable bonds is 3. The van der Waals surface area contributed by atoms with Crippen molar-refractivity contribution in [1.82, 2.24) is 4.90 Å². The second-order valence-corrected chi connectivity index (χ2v) is 5.73. The molecule has 6 nitrogen and oxygen atoms in total. The molecule has 0 aromatic heterocycles. The lowest BCUT2D eigenvalue weighted by Gasteiger charge is -2.38. The van der Waals surface area contributed by atoms with E-state index in [0.717, 1.165) is 0 Å². The first-order valence-corrected chi connectivity index (χ1v) is 7.16. The molecule has 2 saturated heterocycles. The minimum atomic E-state index is -0.937. The van der Waals surface area contributed by atoms with Gasteiger partial charge in [0.15, 0.2) is 0 Å². The summed E-state index contributed by atoms with van der Waals surface area (Å²) in [5, 5.41) is 9.12. The number of carbonyl (C=O) groups is 2. The molecule has 0 aromatic rings. The van der Waals surface area contributed by atoms with E-state index in [1.54, 1.807) is 0 Å². The zero-order valence-corrected chi connectivity index (χ0v) is 10.9. The van der Waals surface area contributed by atoms with E-state index in [1.807, 2.05) is 0 Å². The molecule has 102 valence electrons. The third-order valence-electron chi connectivity index (χ3n) is 3.72. The van der Waals surface area contributed by atoms with E-state index in [-0.39, 0.29) is 12.5 Å². The number of carboxylic acid groups (broad SMARTS) is 1. The number of aliphatic carboxylic acids is 1. The highest BCUT2D eigenvalue weighted by Crippen LogP contribution is 2.35. The van der Waals surface area contributed by atoms with E-state index in [2.05, 4.69) is 0 Å². The summed E-state index contributed by atoms with van der Waals surface area (Å²) in [6.07, 6.45) is 1.16. The van der Waals surface area contributed by atoms with Gasteiger partial charge in [0.2, 0.25) is 5.91 Å². The standard InChI is InChI=1S/C11H18N2O4S/c12-6-11(1-3-17-4-2-11)10(16)13-7-18-5-8(13)9(14)15/h8H,1-7,12H2,(H,14,15)/t8-/m0/s1. The van der Waals surface area contributed by atoms with Crippen molar-refractivity contribution < 1.29 is 19.4 Å². The summed E-state index contributed by atoms with van der Waals surface area (Å²) >= 11 is 1.47. The van der Waals surface area contributed by atoms with Crippen LogP contribution < -0.4 is 5.73 Å². The zero-order chi connectivity index (χ0) is 13.2. The van der Waals surface area contributed by atoms with Gasteiger partial charge >= 0.3 is 5.97 Å². The molecular weight excluding hydrogens is 256 g/mol. The van der Waals surface area contributed by atoms with Crippen LogP contribution >= 0.6 is 11.8 Å². The first-order chi connectivity index (χ1) is 8.60. The first kappa shape index (κ1) is 13.6. The molecule has 0 unspecified atom stereocenters. The molecule has 2 rings (SSSR count). The Kier molecular flexibility index (Phi) is 4.14. The van der Waals surface area contributed by atoms with Gasteiger partial charge in [-0.2, -0.15) is 0 Å². The maximum absolute atomic E-state index is 12.6. The molecule has 3 N–H and O–H groups in total. The molecule has 0 radical (unpaired) electrons. The van der Waals surface area contributed by atoms with E-state index in [0.29, 0.717) is 37.7 Å². The highest BCUT2D eigenvalue weighted by Gasteiger charge is 2.46. The molecule has 0 saturated carbocycles. The van der Waals surface area contributed by atoms with Crippen LogP contribution in [0.15, 0.2) is 0 Å². The summed E-state index contributed by atoms with van der Waals surface area (Å²) in [4.78, 5) is 25.2. The van der Waals surface area contributed by atoms with Gasteiger partial charge < -0.3 is 20.5 Å². The summed E-state index contributed by atoms with van der Waals surface area (Å²) in [6.45, 7) is 1.28. The molecule has 7 heteroatoms. The van der Waals surface area contributed by atoms with Crippen molar-refractivity contribution in [1.29, 1.82) is 0 Å². The summed E-state index contributed by atoms with van der Waals surface area (Å²) in [6, 6.07) is -0.714. The molecule has 2 heterocycles. The molecule has 1 amide bonds. The molecule has 2 aliphatic heterocycles. The average Bonchev–Trinajstić information content (AvgIpc) is 2.88. The highest BCUT2D eigenvalue weighted by molar-refractivity contribution is 7.99. The maximum Gasteiger partial charge on any atom is 0.327 e. The lowest BCUT2D eigenvalue weighted by atomic mass is 9.78. The van der Waals surface area contributed by atoms with Crippen LogP contribution in [-0.2, 0) is 14.3 Å². The molecule has 2 aliphatic rings. The van der Waals surface area contributed by atoms with Gasteiger partial charge in [-0.25, -0.2) is 4.79 Å². The van der Waals surface area contributed by atoms with Crippen molar-refractivity contribution in [2.45, 2.75) is 18.9 Å². The zero-order valence-electron chi connectivity index (χ0n) is 10.1. The van der Waals surface area contributed by atoms with Crippen LogP contribution in [0.4, 0.5) is 0 Å². The van der Waals surface area contributed by atoms with Crippen LogP contribution in [0.2, 0.25) is 0 Å². The summed E-state index contributed by atoms with van der Waals surface area (Å²) < 4.78 is 5.27. The minimum Gasteiger partial charge on any atom is -0.480 e. The van der Waals surface area contributed by atoms with E-state index in [1.165, 1.54) is 16.7 Å². The molecule has 0 aromatic carbocycles. The smallest absolute Gasteiger partial charge is 0.327 e. The van der Waals surface area contributed by atoms with Crippen molar-refractivity contribution in [3.63, 3.8) is 0 Å². The lowest BCUT2D eigenvalue weighted by Crippen LogP contribution is -2.54. The fourth-order valence-electron chi connectivity index (χ4n) is 2.42. The SMILES string of the molecule is NCC1(C(=O)N2CSC[C@H]2C(=O)O)CCOCC1. The molecule has 18 heavy (non-hydrogen) atoms. The number of amides is 1. The fourth-order valence-corrected chi connectivity index (χ4v) is 3.56. The van der Waals surface area contributed by atoms with Crippen molar-refractivity contribution in [3.05, 3.63) is 0 Å². The number of hydrogen-bond acceptors (Lipinski definition) is 5. The van der Waals surface area contributed by atoms with Gasteiger partial charge in [0.1, 0.15) is 6.04 Å². The molecule has 0 bridgehead atoms. The van der Waals surface area contributed by atoms with E-state index in [9.17, 15) is 9.59 Å². The van der Waals surface area contributed by atoms with Crippen LogP contribution in [0.3, 0.4) is 0 Å². The normalized spacial score (nSPS) is 27.2. The number of nitrogens with zero attached hydrogens (tertiary/aromatic N) is 1. The number of carbonyl (C=O) groups excluding carboxylic acids is 1. The number of nitrogens with two attached hydrogens (primary N) is 1. The minimum absolute atomic E-state index is 0.120. The van der Waals surface area contributed by atoms with Crippen molar-refractivity contribution in [2.75, 3.05) is 31.4 Å². The molecule has 2 fully saturated rings. The van der Waals surface area contributed by atoms with E-state index >= 15 is 0 Å². The van der Waals surface area contributed by atoms with Crippen molar-refractivity contribution >= 4 is 23.6 Å². The highest BCUT2D eigenvalue weighted by atomic mass is 32.2. The van der Waals surface area contributed by atoms with Gasteiger partial charge in [0, 0.05) is 25.5 Å². The van der Waals surface area contributed by atoms with Gasteiger partial charge in [-0.3, -0.25) is 4.79 Å². The van der Waals surface area contributed by atoms with Crippen LogP contribution in [0.25, 0.3) is 0 Å². The fraction of sp³-hybridized carbons (Fsp3) is 0.818. The Morgan fingerprint density at radius 3 is 2.67 bits per heavy atom. The first-order valence-electron chi connectivity index (χ1n) is 6.00. The Bertz CT molecular complexity index is 344. The number of hydrogen-bond donors (Lipinski definition) is 2. The Hall–Kier alpha value is -0.790. The van der Waals surface area contributed by atoms with Gasteiger partial charge in [-0.05, 0) is 12.8 Å². The largest absolute Gasteiger partial charge is 0.480 e. The van der Waals surface area contributed by atoms with Gasteiger partial charge in [-0.1, -0.05) is 0 Å². The van der Waals surface area contributed by atoms with E-state index in [4.69, 9.17) is 15.6 Å². The van der Waals surface area contributed by atoms with Gasteiger partial charge in [0.05, 0.1) is 11.3 Å². The predicted octanol–water partition coefficient (Wildman–Crippen LogP) is -0.272. The Morgan fingerprint density at radius 1 is 1.44 bits per heavy atom. The predicted molar refractivity (Wildman–Crippen MR) is 67.1 cm³/mol. The van der Waals surface area contributed by atoms with Crippen molar-refractivity contribution in [2.24, 2.45) is 11.1 Å². The monoisotopic (exact) mass is 274 g/mol. The van der Waals surface area contributed by atoms with Crippen LogP contribution in [-0.4, -0.2) is 59.3 Å². The van der Waals surface area contributed by atoms with E-state index < -0.39 is 17.4 Å². The lowest BCUT2D eigenvalue weighted by molar-refractivity contribution is -0.155. The quantitative estimate of drug-likeness (QED) is 0.736. The summed E-state index contributed by atoms with van der Waals surface area (Å²) in [5.41, 5.74) is 5.14. The second kappa shape index (κ2) is 5.46. The average molecular weight is 274 g/mol. The third-order valence-corrected chi connectivity index (χ3v) is 4.73. The molecule has 1 atom stereocenters. The molecule has 0 spiro atoms. The Morgan fingerprint density at radius 2 is 2.11 bits per heavy atom. The third kappa shape index (κ3) is 2.34. The Labute approximate surface area is 110 Å². The second-order valence-electron chi connectivity index (χ2n) is 4.73. The Balaban J connectivity index is 2.15. The van der Waals surface area contributed by atoms with Crippen molar-refractivity contribution in [3.8, 4) is 0 Å². The number of thioether (sulfide) groups is 1. The number of carboxylic acids is 1. The summed E-state index contributed by atoms with van der Waals surface area (Å²) in [5.74, 6) is -0.158. The maximum atomic E-state index is 12.6. The topological polar surface area (TPSA) is 92.9 Å². The van der Waals surface area contributed by atoms with Crippen LogP contribution in [0.5, 0.6) is 0 Å². The summed E-state index contributed by atoms with van der Waals surface area (Å²) in [7, 11) is 0.